The highest BCUT2D eigenvalue weighted by molar-refractivity contribution is 5.99. The van der Waals surface area contributed by atoms with Gasteiger partial charge in [-0.1, -0.05) is 12.1 Å². The van der Waals surface area contributed by atoms with Gasteiger partial charge in [-0.2, -0.15) is 13.2 Å². The molecule has 4 rings (SSSR count). The van der Waals surface area contributed by atoms with Gasteiger partial charge in [-0.3, -0.25) is 9.78 Å². The molecule has 0 atom stereocenters. The third-order valence-corrected chi connectivity index (χ3v) is 5.26. The van der Waals surface area contributed by atoms with E-state index in [1.54, 1.807) is 36.5 Å². The molecule has 0 aliphatic carbocycles. The number of anilines is 1. The van der Waals surface area contributed by atoms with Crippen LogP contribution in [0.1, 0.15) is 21.6 Å². The minimum Gasteiger partial charge on any atom is -0.457 e. The van der Waals surface area contributed by atoms with Gasteiger partial charge < -0.3 is 15.0 Å². The van der Waals surface area contributed by atoms with Crippen LogP contribution in [0.3, 0.4) is 0 Å². The van der Waals surface area contributed by atoms with Crippen molar-refractivity contribution in [2.24, 2.45) is 0 Å². The van der Waals surface area contributed by atoms with Crippen molar-refractivity contribution in [1.82, 2.24) is 10.3 Å². The molecule has 1 heterocycles. The van der Waals surface area contributed by atoms with Gasteiger partial charge in [0.1, 0.15) is 11.5 Å². The Kier molecular flexibility index (Phi) is 6.40. The summed E-state index contributed by atoms with van der Waals surface area (Å²) < 4.78 is 44.2. The number of rotatable bonds is 6. The van der Waals surface area contributed by atoms with Crippen molar-refractivity contribution in [2.45, 2.75) is 12.7 Å². The fraction of sp³-hybridized carbons (Fsp3) is 0.154. The van der Waals surface area contributed by atoms with Gasteiger partial charge in [0.2, 0.25) is 0 Å². The van der Waals surface area contributed by atoms with Gasteiger partial charge in [-0.15, -0.1) is 0 Å². The smallest absolute Gasteiger partial charge is 0.416 e. The fourth-order valence-electron chi connectivity index (χ4n) is 3.44. The van der Waals surface area contributed by atoms with Gasteiger partial charge in [-0.25, -0.2) is 0 Å². The van der Waals surface area contributed by atoms with Gasteiger partial charge in [-0.05, 0) is 66.0 Å². The van der Waals surface area contributed by atoms with E-state index in [1.807, 2.05) is 37.2 Å². The van der Waals surface area contributed by atoms with Crippen LogP contribution in [0.4, 0.5) is 18.9 Å². The molecular weight excluding hydrogens is 443 g/mol. The normalized spacial score (nSPS) is 11.3. The zero-order chi connectivity index (χ0) is 24.3. The lowest BCUT2D eigenvalue weighted by molar-refractivity contribution is -0.137. The number of fused-ring (bicyclic) bond motifs is 1. The van der Waals surface area contributed by atoms with E-state index in [0.717, 1.165) is 34.3 Å². The lowest BCUT2D eigenvalue weighted by atomic mass is 10.1. The summed E-state index contributed by atoms with van der Waals surface area (Å²) in [6.45, 7) is 0.287. The van der Waals surface area contributed by atoms with E-state index in [-0.39, 0.29) is 18.2 Å². The second-order valence-electron chi connectivity index (χ2n) is 7.90. The minimum absolute atomic E-state index is 0.243. The molecule has 8 heteroatoms. The summed E-state index contributed by atoms with van der Waals surface area (Å²) in [4.78, 5) is 18.9. The zero-order valence-electron chi connectivity index (χ0n) is 18.6. The lowest BCUT2D eigenvalue weighted by Gasteiger charge is -2.13. The van der Waals surface area contributed by atoms with Crippen LogP contribution in [0, 0.1) is 0 Å². The Hall–Kier alpha value is -4.07. The molecule has 0 fully saturated rings. The Morgan fingerprint density at radius 3 is 2.47 bits per heavy atom. The number of carbonyl (C=O) groups is 1. The van der Waals surface area contributed by atoms with E-state index in [4.69, 9.17) is 4.74 Å². The van der Waals surface area contributed by atoms with E-state index < -0.39 is 11.7 Å². The average molecular weight is 465 g/mol. The summed E-state index contributed by atoms with van der Waals surface area (Å²) in [6.07, 6.45) is -2.70. The van der Waals surface area contributed by atoms with Crippen molar-refractivity contribution in [2.75, 3.05) is 19.0 Å². The van der Waals surface area contributed by atoms with Crippen LogP contribution in [0.2, 0.25) is 0 Å². The SMILES string of the molecule is CN(C)c1ccnc(CNC(=O)c2ccc3c(Oc4ccc(C(F)(F)F)cc4)cccc3c2)c1. The molecule has 0 bridgehead atoms. The number of benzene rings is 3. The van der Waals surface area contributed by atoms with Crippen LogP contribution in [-0.4, -0.2) is 25.0 Å². The standard InChI is InChI=1S/C26H22F3N3O2/c1-32(2)21-12-13-30-20(15-21)16-31-25(33)18-6-11-23-17(14-18)4-3-5-24(23)34-22-9-7-19(8-10-22)26(27,28)29/h3-15H,16H2,1-2H3,(H,31,33). The highest BCUT2D eigenvalue weighted by Crippen LogP contribution is 2.33. The average Bonchev–Trinajstić information content (AvgIpc) is 2.82. The van der Waals surface area contributed by atoms with Crippen molar-refractivity contribution in [3.8, 4) is 11.5 Å². The number of nitrogens with zero attached hydrogens (tertiary/aromatic N) is 2. The fourth-order valence-corrected chi connectivity index (χ4v) is 3.44. The number of hydrogen-bond acceptors (Lipinski definition) is 4. The van der Waals surface area contributed by atoms with E-state index in [2.05, 4.69) is 10.3 Å². The Morgan fingerprint density at radius 1 is 1.00 bits per heavy atom. The first-order valence-electron chi connectivity index (χ1n) is 10.5. The Bertz CT molecular complexity index is 1320. The highest BCUT2D eigenvalue weighted by atomic mass is 19.4. The van der Waals surface area contributed by atoms with Gasteiger partial charge in [0.05, 0.1) is 17.8 Å². The molecule has 0 aliphatic heterocycles. The van der Waals surface area contributed by atoms with Gasteiger partial charge in [0.25, 0.3) is 5.91 Å². The van der Waals surface area contributed by atoms with E-state index in [9.17, 15) is 18.0 Å². The first-order valence-corrected chi connectivity index (χ1v) is 10.5. The maximum atomic E-state index is 12.8. The van der Waals surface area contributed by atoms with Crippen LogP contribution >= 0.6 is 0 Å². The third kappa shape index (κ3) is 5.28. The maximum Gasteiger partial charge on any atom is 0.416 e. The largest absolute Gasteiger partial charge is 0.457 e. The molecule has 0 saturated carbocycles. The molecule has 0 saturated heterocycles. The predicted octanol–water partition coefficient (Wildman–Crippen LogP) is 6.04. The Balaban J connectivity index is 1.49. The topological polar surface area (TPSA) is 54.5 Å². The lowest BCUT2D eigenvalue weighted by Crippen LogP contribution is -2.23. The molecule has 3 aromatic carbocycles. The van der Waals surface area contributed by atoms with E-state index >= 15 is 0 Å². The van der Waals surface area contributed by atoms with E-state index in [0.29, 0.717) is 11.3 Å². The van der Waals surface area contributed by atoms with Crippen molar-refractivity contribution in [3.05, 3.63) is 95.8 Å². The minimum atomic E-state index is -4.40. The van der Waals surface area contributed by atoms with Crippen molar-refractivity contribution in [3.63, 3.8) is 0 Å². The van der Waals surface area contributed by atoms with Gasteiger partial charge >= 0.3 is 6.18 Å². The number of halogens is 3. The molecule has 174 valence electrons. The molecule has 1 amide bonds. The molecule has 4 aromatic rings. The zero-order valence-corrected chi connectivity index (χ0v) is 18.6. The molecule has 1 N–H and O–H groups in total. The van der Waals surface area contributed by atoms with E-state index in [1.165, 1.54) is 12.1 Å². The molecule has 0 aliphatic rings. The third-order valence-electron chi connectivity index (χ3n) is 5.26. The number of hydrogen-bond donors (Lipinski definition) is 1. The van der Waals surface area contributed by atoms with Crippen molar-refractivity contribution >= 4 is 22.4 Å². The molecule has 0 spiro atoms. The number of alkyl halides is 3. The Morgan fingerprint density at radius 2 is 1.76 bits per heavy atom. The van der Waals surface area contributed by atoms with Crippen LogP contribution in [0.15, 0.2) is 79.0 Å². The summed E-state index contributed by atoms with van der Waals surface area (Å²) in [5.41, 5.74) is 1.47. The van der Waals surface area contributed by atoms with Crippen LogP contribution < -0.4 is 15.0 Å². The second-order valence-corrected chi connectivity index (χ2v) is 7.90. The molecule has 34 heavy (non-hydrogen) atoms. The quantitative estimate of drug-likeness (QED) is 0.377. The van der Waals surface area contributed by atoms with Crippen molar-refractivity contribution in [1.29, 1.82) is 0 Å². The number of amides is 1. The number of nitrogens with one attached hydrogen (secondary N) is 1. The molecular formula is C26H22F3N3O2. The first kappa shape index (κ1) is 23.1. The Labute approximate surface area is 194 Å². The number of aromatic nitrogens is 1. The summed E-state index contributed by atoms with van der Waals surface area (Å²) >= 11 is 0. The van der Waals surface area contributed by atoms with Crippen LogP contribution in [0.5, 0.6) is 11.5 Å². The molecule has 0 unspecified atom stereocenters. The monoisotopic (exact) mass is 465 g/mol. The van der Waals surface area contributed by atoms with Crippen LogP contribution in [0.25, 0.3) is 10.8 Å². The number of pyridine rings is 1. The first-order chi connectivity index (χ1) is 16.2. The van der Waals surface area contributed by atoms with Crippen molar-refractivity contribution < 1.29 is 22.7 Å². The number of carbonyl (C=O) groups excluding carboxylic acids is 1. The second kappa shape index (κ2) is 9.43. The predicted molar refractivity (Wildman–Crippen MR) is 125 cm³/mol. The maximum absolute atomic E-state index is 12.8. The summed E-state index contributed by atoms with van der Waals surface area (Å²) in [5.74, 6) is 0.525. The van der Waals surface area contributed by atoms with Gasteiger partial charge in [0.15, 0.2) is 0 Å². The van der Waals surface area contributed by atoms with Gasteiger partial charge in [0, 0.05) is 36.9 Å². The summed E-state index contributed by atoms with van der Waals surface area (Å²) in [5, 5.41) is 4.38. The highest BCUT2D eigenvalue weighted by Gasteiger charge is 2.30. The summed E-state index contributed by atoms with van der Waals surface area (Å²) in [7, 11) is 3.87. The van der Waals surface area contributed by atoms with Crippen LogP contribution in [-0.2, 0) is 12.7 Å². The molecule has 5 nitrogen and oxygen atoms in total. The molecule has 1 aromatic heterocycles. The molecule has 0 radical (unpaired) electrons. The number of ether oxygens (including phenoxy) is 1. The summed E-state index contributed by atoms with van der Waals surface area (Å²) in [6, 6.07) is 18.8.